The number of hydrogen-bond donors (Lipinski definition) is 3. The van der Waals surface area contributed by atoms with Gasteiger partial charge >= 0.3 is 0 Å². The zero-order valence-corrected chi connectivity index (χ0v) is 10.3. The number of nitrogens with zero attached hydrogens (tertiary/aromatic N) is 1. The number of pyridine rings is 1. The van der Waals surface area contributed by atoms with Gasteiger partial charge in [-0.1, -0.05) is 0 Å². The zero-order chi connectivity index (χ0) is 11.1. The maximum Gasteiger partial charge on any atom is 0.255 e. The monoisotopic (exact) mass is 243 g/mol. The molecule has 0 spiro atoms. The molecule has 82 valence electrons. The Hall–Kier alpha value is -0.800. The van der Waals surface area contributed by atoms with Gasteiger partial charge in [0.05, 0.1) is 5.56 Å². The molecule has 0 bridgehead atoms. The van der Waals surface area contributed by atoms with Crippen LogP contribution >= 0.6 is 21.4 Å². The van der Waals surface area contributed by atoms with Crippen LogP contribution in [0.25, 0.3) is 0 Å². The summed E-state index contributed by atoms with van der Waals surface area (Å²) < 4.78 is 0. The Morgan fingerprint density at radius 1 is 1.60 bits per heavy atom. The van der Waals surface area contributed by atoms with Gasteiger partial charge in [0, 0.05) is 18.5 Å². The molecule has 1 aromatic heterocycles. The number of carbonyl (C=O) groups is 1. The Morgan fingerprint density at radius 3 is 2.93 bits per heavy atom. The Balaban J connectivity index is 2.59. The van der Waals surface area contributed by atoms with Gasteiger partial charge < -0.3 is 10.4 Å². The zero-order valence-electron chi connectivity index (χ0n) is 8.45. The van der Waals surface area contributed by atoms with Crippen LogP contribution in [0, 0.1) is 0 Å². The average Bonchev–Trinajstić information content (AvgIpc) is 2.27. The summed E-state index contributed by atoms with van der Waals surface area (Å²) in [7, 11) is 0.408. The van der Waals surface area contributed by atoms with Crippen molar-refractivity contribution in [2.45, 2.75) is 0 Å². The first-order valence-electron chi connectivity index (χ1n) is 4.56. The van der Waals surface area contributed by atoms with E-state index in [0.717, 1.165) is 18.1 Å². The molecule has 1 atom stereocenters. The number of amides is 1. The number of rotatable bonds is 5. The van der Waals surface area contributed by atoms with Gasteiger partial charge in [0.1, 0.15) is 5.82 Å². The highest BCUT2D eigenvalue weighted by Crippen LogP contribution is 2.06. The Morgan fingerprint density at radius 2 is 2.40 bits per heavy atom. The van der Waals surface area contributed by atoms with Gasteiger partial charge in [0.15, 0.2) is 0 Å². The molecule has 0 aliphatic rings. The van der Waals surface area contributed by atoms with E-state index < -0.39 is 0 Å². The minimum absolute atomic E-state index is 0.0796. The van der Waals surface area contributed by atoms with Gasteiger partial charge in [-0.05, 0) is 27.5 Å². The van der Waals surface area contributed by atoms with E-state index in [0.29, 0.717) is 14.3 Å². The van der Waals surface area contributed by atoms with E-state index in [-0.39, 0.29) is 5.91 Å². The summed E-state index contributed by atoms with van der Waals surface area (Å²) in [5.41, 5.74) is 0.584. The van der Waals surface area contributed by atoms with E-state index in [1.807, 2.05) is 6.66 Å². The van der Waals surface area contributed by atoms with Crippen molar-refractivity contribution < 1.29 is 4.79 Å². The lowest BCUT2D eigenvalue weighted by Gasteiger charge is -2.04. The lowest BCUT2D eigenvalue weighted by Crippen LogP contribution is -2.14. The molecule has 0 aliphatic heterocycles. The Kier molecular flexibility index (Phi) is 5.43. The van der Waals surface area contributed by atoms with E-state index in [9.17, 15) is 4.79 Å². The van der Waals surface area contributed by atoms with Crippen LogP contribution in [0.3, 0.4) is 0 Å². The minimum atomic E-state index is -0.0796. The van der Waals surface area contributed by atoms with Gasteiger partial charge in [-0.3, -0.25) is 4.79 Å². The van der Waals surface area contributed by atoms with Crippen molar-refractivity contribution in [1.29, 1.82) is 0 Å². The topological polar surface area (TPSA) is 54.0 Å². The van der Waals surface area contributed by atoms with Crippen molar-refractivity contribution in [3.8, 4) is 0 Å². The predicted molar refractivity (Wildman–Crippen MR) is 68.3 cm³/mol. The second-order valence-electron chi connectivity index (χ2n) is 2.79. The summed E-state index contributed by atoms with van der Waals surface area (Å²) >= 11 is 4.08. The third-order valence-corrected chi connectivity index (χ3v) is 2.38. The third-order valence-electron chi connectivity index (χ3n) is 1.68. The molecule has 6 heteroatoms. The highest BCUT2D eigenvalue weighted by molar-refractivity contribution is 7.80. The molecule has 0 aliphatic carbocycles. The fourth-order valence-electron chi connectivity index (χ4n) is 1.00. The number of anilines is 1. The molecule has 0 aromatic carbocycles. The fourth-order valence-corrected chi connectivity index (χ4v) is 1.49. The standard InChI is InChI=1S/C9H14N3OPS/c1-14-12-9(13)7-2-3-8(11-6-7)10-4-5-15/h2-3,6,14-15H,4-5H2,1H3,(H,10,11)(H,12,13). The molecule has 0 radical (unpaired) electrons. The summed E-state index contributed by atoms with van der Waals surface area (Å²) in [6.45, 7) is 2.67. The first-order chi connectivity index (χ1) is 7.27. The molecule has 1 rings (SSSR count). The highest BCUT2D eigenvalue weighted by atomic mass is 32.1. The maximum absolute atomic E-state index is 11.4. The van der Waals surface area contributed by atoms with Crippen molar-refractivity contribution in [3.05, 3.63) is 23.9 Å². The lowest BCUT2D eigenvalue weighted by atomic mass is 10.3. The smallest absolute Gasteiger partial charge is 0.255 e. The van der Waals surface area contributed by atoms with E-state index >= 15 is 0 Å². The summed E-state index contributed by atoms with van der Waals surface area (Å²) in [4.78, 5) is 15.5. The van der Waals surface area contributed by atoms with Gasteiger partial charge in [-0.15, -0.1) is 0 Å². The van der Waals surface area contributed by atoms with Gasteiger partial charge in [-0.25, -0.2) is 4.98 Å². The van der Waals surface area contributed by atoms with Crippen LogP contribution in [-0.2, 0) is 0 Å². The predicted octanol–water partition coefficient (Wildman–Crippen LogP) is 1.38. The van der Waals surface area contributed by atoms with E-state index in [1.165, 1.54) is 0 Å². The van der Waals surface area contributed by atoms with Crippen molar-refractivity contribution in [1.82, 2.24) is 10.1 Å². The summed E-state index contributed by atoms with van der Waals surface area (Å²) in [5, 5.41) is 5.82. The van der Waals surface area contributed by atoms with Crippen molar-refractivity contribution in [2.24, 2.45) is 0 Å². The Labute approximate surface area is 96.5 Å². The fraction of sp³-hybridized carbons (Fsp3) is 0.333. The van der Waals surface area contributed by atoms with Gasteiger partial charge in [-0.2, -0.15) is 12.6 Å². The molecule has 0 saturated heterocycles. The molecule has 1 aromatic rings. The van der Waals surface area contributed by atoms with Crippen LogP contribution in [0.15, 0.2) is 18.3 Å². The van der Waals surface area contributed by atoms with Crippen molar-refractivity contribution in [2.75, 3.05) is 24.3 Å². The molecule has 1 amide bonds. The second kappa shape index (κ2) is 6.64. The van der Waals surface area contributed by atoms with Gasteiger partial charge in [0.25, 0.3) is 5.91 Å². The molecule has 1 heterocycles. The molecule has 2 N–H and O–H groups in total. The van der Waals surface area contributed by atoms with Crippen LogP contribution in [0.4, 0.5) is 5.82 Å². The number of nitrogens with one attached hydrogen (secondary N) is 2. The first kappa shape index (κ1) is 12.3. The molecule has 0 saturated carbocycles. The maximum atomic E-state index is 11.4. The van der Waals surface area contributed by atoms with Crippen LogP contribution in [0.5, 0.6) is 0 Å². The molecular weight excluding hydrogens is 229 g/mol. The molecular formula is C9H14N3OPS. The van der Waals surface area contributed by atoms with Crippen molar-refractivity contribution in [3.63, 3.8) is 0 Å². The number of thiol groups is 1. The number of aromatic nitrogens is 1. The van der Waals surface area contributed by atoms with Crippen LogP contribution in [-0.4, -0.2) is 29.9 Å². The summed E-state index contributed by atoms with van der Waals surface area (Å²) in [5.74, 6) is 1.43. The third kappa shape index (κ3) is 4.06. The summed E-state index contributed by atoms with van der Waals surface area (Å²) in [6, 6.07) is 3.54. The SMILES string of the molecule is CPNC(=O)c1ccc(NCCS)nc1. The average molecular weight is 243 g/mol. The molecule has 0 fully saturated rings. The Bertz CT molecular complexity index is 318. The molecule has 4 nitrogen and oxygen atoms in total. The lowest BCUT2D eigenvalue weighted by molar-refractivity contribution is 0.0983. The van der Waals surface area contributed by atoms with Crippen LogP contribution < -0.4 is 10.4 Å². The van der Waals surface area contributed by atoms with Crippen LogP contribution in [0.2, 0.25) is 0 Å². The van der Waals surface area contributed by atoms with Gasteiger partial charge in [0.2, 0.25) is 0 Å². The number of hydrogen-bond acceptors (Lipinski definition) is 4. The quantitative estimate of drug-likeness (QED) is 0.541. The second-order valence-corrected chi connectivity index (χ2v) is 3.98. The number of carbonyl (C=O) groups excluding carboxylic acids is 1. The summed E-state index contributed by atoms with van der Waals surface area (Å²) in [6.07, 6.45) is 1.57. The van der Waals surface area contributed by atoms with Crippen LogP contribution in [0.1, 0.15) is 10.4 Å². The van der Waals surface area contributed by atoms with E-state index in [1.54, 1.807) is 18.3 Å². The first-order valence-corrected chi connectivity index (χ1v) is 6.69. The normalized spacial score (nSPS) is 10.5. The largest absolute Gasteiger partial charge is 0.369 e. The van der Waals surface area contributed by atoms with E-state index in [2.05, 4.69) is 28.0 Å². The molecule has 1 unspecified atom stereocenters. The van der Waals surface area contributed by atoms with Crippen molar-refractivity contribution >= 4 is 33.1 Å². The molecule has 15 heavy (non-hydrogen) atoms. The minimum Gasteiger partial charge on any atom is -0.369 e. The van der Waals surface area contributed by atoms with E-state index in [4.69, 9.17) is 0 Å². The highest BCUT2D eigenvalue weighted by Gasteiger charge is 2.03.